The third kappa shape index (κ3) is 4.98. The van der Waals surface area contributed by atoms with Gasteiger partial charge in [-0.05, 0) is 72.7 Å². The fourth-order valence-corrected chi connectivity index (χ4v) is 4.96. The topological polar surface area (TPSA) is 40.5 Å². The Hall–Kier alpha value is -3.05. The van der Waals surface area contributed by atoms with Gasteiger partial charge in [0.15, 0.2) is 0 Å². The molecule has 2 atom stereocenters. The first kappa shape index (κ1) is 23.1. The lowest BCUT2D eigenvalue weighted by molar-refractivity contribution is -0.138. The van der Waals surface area contributed by atoms with Crippen LogP contribution in [0.1, 0.15) is 49.8 Å². The quantitative estimate of drug-likeness (QED) is 0.479. The maximum Gasteiger partial charge on any atom is 0.223 e. The van der Waals surface area contributed by atoms with Gasteiger partial charge in [-0.2, -0.15) is 0 Å². The van der Waals surface area contributed by atoms with Crippen LogP contribution in [0.5, 0.6) is 0 Å². The highest BCUT2D eigenvalue weighted by molar-refractivity contribution is 5.79. The fraction of sp³-hybridized carbons (Fsp3) is 0.321. The van der Waals surface area contributed by atoms with Gasteiger partial charge < -0.3 is 10.0 Å². The highest BCUT2D eigenvalue weighted by Gasteiger charge is 2.41. The molecule has 0 aromatic heterocycles. The van der Waals surface area contributed by atoms with Crippen LogP contribution in [-0.2, 0) is 10.2 Å². The van der Waals surface area contributed by atoms with Crippen LogP contribution >= 0.6 is 0 Å². The monoisotopic (exact) mass is 449 g/mol. The minimum Gasteiger partial charge on any atom is -0.396 e. The predicted octanol–water partition coefficient (Wildman–Crippen LogP) is 6.03. The van der Waals surface area contributed by atoms with Gasteiger partial charge in [0.2, 0.25) is 5.91 Å². The number of carbonyl (C=O) groups excluding carboxylic acids is 1. The average Bonchev–Trinajstić information content (AvgIpc) is 2.83. The number of amides is 1. The molecule has 1 aliphatic heterocycles. The molecule has 1 N–H and O–H groups in total. The Balaban J connectivity index is 1.51. The zero-order chi connectivity index (χ0) is 23.4. The average molecular weight is 450 g/mol. The molecule has 1 saturated heterocycles. The van der Waals surface area contributed by atoms with Crippen molar-refractivity contribution in [2.75, 3.05) is 13.2 Å². The van der Waals surface area contributed by atoms with Crippen molar-refractivity contribution < 1.29 is 18.7 Å². The number of hydrogen-bond donors (Lipinski definition) is 1. The van der Waals surface area contributed by atoms with Gasteiger partial charge in [0.1, 0.15) is 11.6 Å². The Labute approximate surface area is 193 Å². The van der Waals surface area contributed by atoms with Crippen LogP contribution in [0.25, 0.3) is 11.1 Å². The van der Waals surface area contributed by atoms with Gasteiger partial charge in [-0.3, -0.25) is 4.79 Å². The van der Waals surface area contributed by atoms with Crippen LogP contribution in [0.2, 0.25) is 0 Å². The number of aliphatic hydroxyl groups excluding tert-OH is 1. The van der Waals surface area contributed by atoms with E-state index in [0.717, 1.165) is 28.7 Å². The molecule has 1 fully saturated rings. The summed E-state index contributed by atoms with van der Waals surface area (Å²) in [4.78, 5) is 15.2. The summed E-state index contributed by atoms with van der Waals surface area (Å²) in [5.74, 6) is -0.528. The van der Waals surface area contributed by atoms with E-state index < -0.39 is 5.41 Å². The maximum absolute atomic E-state index is 13.9. The maximum atomic E-state index is 13.9. The van der Waals surface area contributed by atoms with E-state index in [9.17, 15) is 18.7 Å². The van der Waals surface area contributed by atoms with Crippen molar-refractivity contribution in [2.24, 2.45) is 0 Å². The standard InChI is InChI=1S/C28H29F2NO2/c1-20(21-6-8-22(9-7-21)23-10-12-25(29)13-11-23)31-16-15-28(14-3-17-32,19-27(31)33)24-4-2-5-26(30)18-24/h2,4-13,18,20,32H,3,14-17,19H2,1H3/t20-,28-/m0/s1. The number of aliphatic hydroxyl groups is 1. The van der Waals surface area contributed by atoms with Crippen LogP contribution in [-0.4, -0.2) is 29.1 Å². The van der Waals surface area contributed by atoms with Crippen molar-refractivity contribution in [1.82, 2.24) is 4.90 Å². The van der Waals surface area contributed by atoms with Crippen molar-refractivity contribution in [2.45, 2.75) is 44.1 Å². The Morgan fingerprint density at radius 3 is 2.24 bits per heavy atom. The summed E-state index contributed by atoms with van der Waals surface area (Å²) < 4.78 is 27.1. The number of benzene rings is 3. The van der Waals surface area contributed by atoms with Crippen molar-refractivity contribution in [3.8, 4) is 11.1 Å². The van der Waals surface area contributed by atoms with Crippen LogP contribution in [0, 0.1) is 11.6 Å². The zero-order valence-corrected chi connectivity index (χ0v) is 18.8. The summed E-state index contributed by atoms with van der Waals surface area (Å²) in [5, 5.41) is 9.40. The summed E-state index contributed by atoms with van der Waals surface area (Å²) >= 11 is 0. The van der Waals surface area contributed by atoms with Crippen LogP contribution in [0.3, 0.4) is 0 Å². The molecule has 1 amide bonds. The van der Waals surface area contributed by atoms with E-state index >= 15 is 0 Å². The molecule has 1 aliphatic rings. The molecule has 0 aliphatic carbocycles. The lowest BCUT2D eigenvalue weighted by Crippen LogP contribution is -2.47. The van der Waals surface area contributed by atoms with E-state index in [0.29, 0.717) is 25.8 Å². The molecule has 3 aromatic rings. The molecule has 0 bridgehead atoms. The Bertz CT molecular complexity index is 1100. The Morgan fingerprint density at radius 1 is 0.970 bits per heavy atom. The summed E-state index contributed by atoms with van der Waals surface area (Å²) in [6.45, 7) is 2.64. The highest BCUT2D eigenvalue weighted by atomic mass is 19.1. The molecule has 3 nitrogen and oxygen atoms in total. The summed E-state index contributed by atoms with van der Waals surface area (Å²) in [5.41, 5.74) is 3.34. The molecule has 5 heteroatoms. The van der Waals surface area contributed by atoms with E-state index in [-0.39, 0.29) is 30.2 Å². The molecule has 4 rings (SSSR count). The van der Waals surface area contributed by atoms with Gasteiger partial charge in [-0.15, -0.1) is 0 Å². The van der Waals surface area contributed by atoms with E-state index in [1.54, 1.807) is 18.2 Å². The summed E-state index contributed by atoms with van der Waals surface area (Å²) in [7, 11) is 0. The van der Waals surface area contributed by atoms with Crippen molar-refractivity contribution in [1.29, 1.82) is 0 Å². The van der Waals surface area contributed by atoms with Gasteiger partial charge >= 0.3 is 0 Å². The number of carbonyl (C=O) groups is 1. The van der Waals surface area contributed by atoms with Gasteiger partial charge in [-0.1, -0.05) is 48.5 Å². The van der Waals surface area contributed by atoms with Gasteiger partial charge in [0.05, 0.1) is 6.04 Å². The Morgan fingerprint density at radius 2 is 1.64 bits per heavy atom. The predicted molar refractivity (Wildman–Crippen MR) is 126 cm³/mol. The molecule has 3 aromatic carbocycles. The third-order valence-corrected chi connectivity index (χ3v) is 6.93. The first-order valence-corrected chi connectivity index (χ1v) is 11.4. The normalized spacial score (nSPS) is 19.5. The number of rotatable bonds is 7. The molecule has 33 heavy (non-hydrogen) atoms. The molecule has 0 saturated carbocycles. The van der Waals surface area contributed by atoms with Crippen molar-refractivity contribution in [3.05, 3.63) is 95.6 Å². The number of piperidine rings is 1. The first-order valence-electron chi connectivity index (χ1n) is 11.4. The summed E-state index contributed by atoms with van der Waals surface area (Å²) in [6.07, 6.45) is 2.24. The number of nitrogens with zero attached hydrogens (tertiary/aromatic N) is 1. The van der Waals surface area contributed by atoms with E-state index in [1.165, 1.54) is 24.3 Å². The van der Waals surface area contributed by atoms with Crippen LogP contribution < -0.4 is 0 Å². The number of hydrogen-bond acceptors (Lipinski definition) is 2. The molecule has 0 radical (unpaired) electrons. The van der Waals surface area contributed by atoms with Gasteiger partial charge in [0, 0.05) is 25.0 Å². The third-order valence-electron chi connectivity index (χ3n) is 6.93. The van der Waals surface area contributed by atoms with Crippen LogP contribution in [0.15, 0.2) is 72.8 Å². The SMILES string of the molecule is C[C@@H](c1ccc(-c2ccc(F)cc2)cc1)N1CC[C@](CCCO)(c2cccc(F)c2)CC1=O. The zero-order valence-electron chi connectivity index (χ0n) is 18.8. The smallest absolute Gasteiger partial charge is 0.223 e. The van der Waals surface area contributed by atoms with E-state index in [2.05, 4.69) is 0 Å². The minimum absolute atomic E-state index is 0.0403. The number of halogens is 2. The second-order valence-electron chi connectivity index (χ2n) is 8.94. The van der Waals surface area contributed by atoms with E-state index in [1.807, 2.05) is 42.2 Å². The Kier molecular flexibility index (Phi) is 6.89. The largest absolute Gasteiger partial charge is 0.396 e. The highest BCUT2D eigenvalue weighted by Crippen LogP contribution is 2.42. The molecule has 0 spiro atoms. The second-order valence-corrected chi connectivity index (χ2v) is 8.94. The molecular weight excluding hydrogens is 420 g/mol. The summed E-state index contributed by atoms with van der Waals surface area (Å²) in [6, 6.07) is 20.8. The minimum atomic E-state index is -0.454. The lowest BCUT2D eigenvalue weighted by atomic mass is 9.69. The lowest BCUT2D eigenvalue weighted by Gasteiger charge is -2.44. The second kappa shape index (κ2) is 9.84. The fourth-order valence-electron chi connectivity index (χ4n) is 4.96. The van der Waals surface area contributed by atoms with Gasteiger partial charge in [0.25, 0.3) is 0 Å². The van der Waals surface area contributed by atoms with Crippen LogP contribution in [0.4, 0.5) is 8.78 Å². The van der Waals surface area contributed by atoms with Gasteiger partial charge in [-0.25, -0.2) is 8.78 Å². The number of likely N-dealkylation sites (tertiary alicyclic amines) is 1. The van der Waals surface area contributed by atoms with Crippen molar-refractivity contribution in [3.63, 3.8) is 0 Å². The molecule has 172 valence electrons. The first-order chi connectivity index (χ1) is 15.9. The molecular formula is C28H29F2NO2. The molecule has 1 heterocycles. The molecule has 0 unspecified atom stereocenters. The van der Waals surface area contributed by atoms with E-state index in [4.69, 9.17) is 0 Å². The van der Waals surface area contributed by atoms with Crippen molar-refractivity contribution >= 4 is 5.91 Å².